The molecule has 1 N–H and O–H groups in total. The van der Waals surface area contributed by atoms with E-state index in [-0.39, 0.29) is 35.5 Å². The molecule has 0 heterocycles. The summed E-state index contributed by atoms with van der Waals surface area (Å²) in [7, 11) is -4.24. The molecule has 0 saturated heterocycles. The first kappa shape index (κ1) is 34.3. The Labute approximate surface area is 279 Å². The minimum Gasteiger partial charge on any atom is -0.352 e. The Morgan fingerprint density at radius 3 is 2.07 bits per heavy atom. The topological polar surface area (TPSA) is 86.8 Å². The van der Waals surface area contributed by atoms with Crippen molar-refractivity contribution in [1.29, 1.82) is 0 Å². The number of rotatable bonds is 12. The second kappa shape index (κ2) is 15.1. The highest BCUT2D eigenvalue weighted by Crippen LogP contribution is 2.29. The molecule has 0 aromatic heterocycles. The quantitative estimate of drug-likeness (QED) is 0.169. The predicted octanol–water partition coefficient (Wildman–Crippen LogP) is 7.32. The number of carbonyl (C=O) groups is 2. The van der Waals surface area contributed by atoms with E-state index in [1.54, 1.807) is 55.5 Å². The molecule has 4 rings (SSSR count). The number of hydrogen-bond donors (Lipinski definition) is 1. The van der Waals surface area contributed by atoms with Crippen LogP contribution in [0, 0.1) is 6.92 Å². The summed E-state index contributed by atoms with van der Waals surface area (Å²) in [5.74, 6) is -1.000. The number of benzene rings is 4. The minimum absolute atomic E-state index is 0.000166. The molecule has 1 atom stereocenters. The van der Waals surface area contributed by atoms with Crippen LogP contribution in [0.1, 0.15) is 30.5 Å². The van der Waals surface area contributed by atoms with Gasteiger partial charge in [0, 0.05) is 34.1 Å². The number of sulfonamides is 1. The summed E-state index contributed by atoms with van der Waals surface area (Å²) >= 11 is 19.1. The maximum absolute atomic E-state index is 14.5. The van der Waals surface area contributed by atoms with Crippen LogP contribution in [0.3, 0.4) is 0 Å². The van der Waals surface area contributed by atoms with Gasteiger partial charge in [-0.25, -0.2) is 8.42 Å². The van der Waals surface area contributed by atoms with E-state index in [4.69, 9.17) is 34.8 Å². The molecule has 45 heavy (non-hydrogen) atoms. The third-order valence-electron chi connectivity index (χ3n) is 7.11. The second-order valence-electron chi connectivity index (χ2n) is 10.9. The highest BCUT2D eigenvalue weighted by Gasteiger charge is 2.35. The number of anilines is 1. The first-order valence-electron chi connectivity index (χ1n) is 14.3. The first-order valence-corrected chi connectivity index (χ1v) is 16.9. The van der Waals surface area contributed by atoms with E-state index in [1.165, 1.54) is 23.1 Å². The van der Waals surface area contributed by atoms with Gasteiger partial charge >= 0.3 is 0 Å². The molecular formula is C34H34Cl3N3O4S. The summed E-state index contributed by atoms with van der Waals surface area (Å²) in [6.07, 6.45) is 0.179. The number of nitrogens with one attached hydrogen (secondary N) is 1. The highest BCUT2D eigenvalue weighted by molar-refractivity contribution is 7.92. The van der Waals surface area contributed by atoms with Crippen molar-refractivity contribution >= 4 is 62.3 Å². The fourth-order valence-electron chi connectivity index (χ4n) is 4.75. The Morgan fingerprint density at radius 1 is 0.822 bits per heavy atom. The van der Waals surface area contributed by atoms with E-state index in [2.05, 4.69) is 5.32 Å². The average Bonchev–Trinajstić information content (AvgIpc) is 3.00. The van der Waals surface area contributed by atoms with Gasteiger partial charge in [0.25, 0.3) is 10.0 Å². The summed E-state index contributed by atoms with van der Waals surface area (Å²) in [6, 6.07) is 25.6. The smallest absolute Gasteiger partial charge is 0.264 e. The van der Waals surface area contributed by atoms with Crippen molar-refractivity contribution in [3.63, 3.8) is 0 Å². The van der Waals surface area contributed by atoms with Crippen LogP contribution in [0.15, 0.2) is 102 Å². The van der Waals surface area contributed by atoms with Crippen molar-refractivity contribution in [3.8, 4) is 0 Å². The number of amides is 2. The van der Waals surface area contributed by atoms with Gasteiger partial charge in [-0.1, -0.05) is 95.5 Å². The van der Waals surface area contributed by atoms with E-state index in [0.717, 1.165) is 15.4 Å². The van der Waals surface area contributed by atoms with Gasteiger partial charge in [-0.2, -0.15) is 0 Å². The summed E-state index contributed by atoms with van der Waals surface area (Å²) < 4.78 is 29.2. The van der Waals surface area contributed by atoms with Crippen molar-refractivity contribution < 1.29 is 18.0 Å². The van der Waals surface area contributed by atoms with E-state index in [1.807, 2.05) is 44.2 Å². The zero-order valence-corrected chi connectivity index (χ0v) is 28.2. The van der Waals surface area contributed by atoms with Crippen molar-refractivity contribution in [3.05, 3.63) is 129 Å². The van der Waals surface area contributed by atoms with Crippen LogP contribution in [-0.4, -0.2) is 43.8 Å². The molecule has 4 aromatic rings. The molecule has 0 spiro atoms. The molecule has 0 unspecified atom stereocenters. The van der Waals surface area contributed by atoms with Crippen LogP contribution >= 0.6 is 34.8 Å². The second-order valence-corrected chi connectivity index (χ2v) is 14.0. The lowest BCUT2D eigenvalue weighted by Gasteiger charge is -2.34. The van der Waals surface area contributed by atoms with Crippen LogP contribution in [-0.2, 0) is 32.6 Å². The Balaban J connectivity index is 1.84. The molecule has 236 valence electrons. The SMILES string of the molecule is Cc1ccc(N(CC(=O)N(Cc2ccc(Cl)cc2Cl)[C@H](Cc2ccccc2)C(=O)NC(C)C)S(=O)(=O)c2ccccc2)cc1Cl. The summed E-state index contributed by atoms with van der Waals surface area (Å²) in [4.78, 5) is 29.7. The maximum atomic E-state index is 14.5. The van der Waals surface area contributed by atoms with Gasteiger partial charge in [0.1, 0.15) is 12.6 Å². The molecule has 0 aliphatic rings. The summed E-state index contributed by atoms with van der Waals surface area (Å²) in [5, 5.41) is 3.99. The fourth-order valence-corrected chi connectivity index (χ4v) is 6.82. The van der Waals surface area contributed by atoms with Crippen LogP contribution in [0.5, 0.6) is 0 Å². The Morgan fingerprint density at radius 2 is 1.47 bits per heavy atom. The van der Waals surface area contributed by atoms with Gasteiger partial charge in [-0.15, -0.1) is 0 Å². The molecule has 0 bridgehead atoms. The number of nitrogens with zero attached hydrogens (tertiary/aromatic N) is 2. The molecule has 11 heteroatoms. The van der Waals surface area contributed by atoms with Gasteiger partial charge in [0.15, 0.2) is 0 Å². The molecule has 0 fully saturated rings. The van der Waals surface area contributed by atoms with E-state index >= 15 is 0 Å². The summed E-state index contributed by atoms with van der Waals surface area (Å²) in [5.41, 5.74) is 2.32. The molecule has 2 amide bonds. The van der Waals surface area contributed by atoms with Gasteiger partial charge in [-0.3, -0.25) is 13.9 Å². The molecule has 0 radical (unpaired) electrons. The van der Waals surface area contributed by atoms with Gasteiger partial charge < -0.3 is 10.2 Å². The lowest BCUT2D eigenvalue weighted by atomic mass is 10.0. The number of carbonyl (C=O) groups excluding carboxylic acids is 2. The van der Waals surface area contributed by atoms with Gasteiger partial charge in [0.2, 0.25) is 11.8 Å². The van der Waals surface area contributed by atoms with Crippen LogP contribution in [0.4, 0.5) is 5.69 Å². The van der Waals surface area contributed by atoms with Crippen LogP contribution in [0.2, 0.25) is 15.1 Å². The predicted molar refractivity (Wildman–Crippen MR) is 181 cm³/mol. The summed E-state index contributed by atoms with van der Waals surface area (Å²) in [6.45, 7) is 4.77. The number of hydrogen-bond acceptors (Lipinski definition) is 4. The molecule has 0 aliphatic heterocycles. The lowest BCUT2D eigenvalue weighted by molar-refractivity contribution is -0.140. The van der Waals surface area contributed by atoms with Gasteiger partial charge in [0.05, 0.1) is 10.6 Å². The van der Waals surface area contributed by atoms with Crippen LogP contribution < -0.4 is 9.62 Å². The fraction of sp³-hybridized carbons (Fsp3) is 0.235. The van der Waals surface area contributed by atoms with E-state index in [9.17, 15) is 18.0 Å². The number of aryl methyl sites for hydroxylation is 1. The number of halogens is 3. The monoisotopic (exact) mass is 685 g/mol. The third-order valence-corrected chi connectivity index (χ3v) is 9.89. The molecule has 0 saturated carbocycles. The zero-order chi connectivity index (χ0) is 32.7. The van der Waals surface area contributed by atoms with Crippen molar-refractivity contribution in [2.24, 2.45) is 0 Å². The first-order chi connectivity index (χ1) is 21.4. The Bertz CT molecular complexity index is 1750. The Kier molecular flexibility index (Phi) is 11.6. The van der Waals surface area contributed by atoms with Crippen LogP contribution in [0.25, 0.3) is 0 Å². The molecule has 7 nitrogen and oxygen atoms in total. The van der Waals surface area contributed by atoms with Crippen molar-refractivity contribution in [1.82, 2.24) is 10.2 Å². The molecular weight excluding hydrogens is 653 g/mol. The minimum atomic E-state index is -4.24. The average molecular weight is 687 g/mol. The van der Waals surface area contributed by atoms with Gasteiger partial charge in [-0.05, 0) is 73.9 Å². The van der Waals surface area contributed by atoms with E-state index in [0.29, 0.717) is 20.6 Å². The third kappa shape index (κ3) is 8.79. The zero-order valence-electron chi connectivity index (χ0n) is 25.1. The van der Waals surface area contributed by atoms with Crippen molar-refractivity contribution in [2.75, 3.05) is 10.8 Å². The normalized spacial score (nSPS) is 12.1. The maximum Gasteiger partial charge on any atom is 0.264 e. The van der Waals surface area contributed by atoms with Crippen molar-refractivity contribution in [2.45, 2.75) is 50.7 Å². The van der Waals surface area contributed by atoms with E-state index < -0.39 is 28.5 Å². The Hall–Kier alpha value is -3.56. The highest BCUT2D eigenvalue weighted by atomic mass is 35.5. The lowest BCUT2D eigenvalue weighted by Crippen LogP contribution is -2.54. The standard InChI is InChI=1S/C34H34Cl3N3O4S/c1-23(2)38-34(42)32(18-25-10-6-4-7-11-25)39(21-26-15-16-27(35)19-31(26)37)33(41)22-40(28-17-14-24(3)30(36)20-28)45(43,44)29-12-8-5-9-13-29/h4-17,19-20,23,32H,18,21-22H2,1-3H3,(H,38,42)/t32-/m1/s1. The molecule has 0 aliphatic carbocycles. The largest absolute Gasteiger partial charge is 0.352 e. The molecule has 4 aromatic carbocycles.